The Morgan fingerprint density at radius 2 is 1.96 bits per heavy atom. The fourth-order valence-electron chi connectivity index (χ4n) is 2.97. The van der Waals surface area contributed by atoms with Gasteiger partial charge in [0.15, 0.2) is 0 Å². The largest absolute Gasteiger partial charge is 0.322 e. The molecule has 2 unspecified atom stereocenters. The van der Waals surface area contributed by atoms with E-state index in [1.807, 2.05) is 31.2 Å². The molecule has 1 N–H and O–H groups in total. The SMILES string of the molecule is CC(/C=C/C1(F)CC1c1ccc(Cl)c(Cl)c1)=C\C(=O)Nc1ccccc1C. The van der Waals surface area contributed by atoms with E-state index in [-0.39, 0.29) is 11.8 Å². The summed E-state index contributed by atoms with van der Waals surface area (Å²) in [6, 6.07) is 12.7. The third-order valence-electron chi connectivity index (χ3n) is 4.67. The molecule has 0 spiro atoms. The zero-order valence-corrected chi connectivity index (χ0v) is 16.6. The van der Waals surface area contributed by atoms with Crippen molar-refractivity contribution < 1.29 is 9.18 Å². The van der Waals surface area contributed by atoms with Crippen molar-refractivity contribution in [1.82, 2.24) is 0 Å². The van der Waals surface area contributed by atoms with Gasteiger partial charge in [-0.25, -0.2) is 4.39 Å². The minimum absolute atomic E-state index is 0.239. The van der Waals surface area contributed by atoms with Crippen molar-refractivity contribution in [2.45, 2.75) is 31.9 Å². The average molecular weight is 404 g/mol. The normalized spacial score (nSPS) is 22.1. The highest BCUT2D eigenvalue weighted by atomic mass is 35.5. The van der Waals surface area contributed by atoms with Crippen molar-refractivity contribution in [3.8, 4) is 0 Å². The van der Waals surface area contributed by atoms with Crippen LogP contribution in [0, 0.1) is 6.92 Å². The molecule has 0 aliphatic heterocycles. The highest BCUT2D eigenvalue weighted by Gasteiger charge is 2.54. The van der Waals surface area contributed by atoms with Crippen molar-refractivity contribution >= 4 is 34.8 Å². The lowest BCUT2D eigenvalue weighted by molar-refractivity contribution is -0.111. The van der Waals surface area contributed by atoms with Gasteiger partial charge in [-0.1, -0.05) is 53.5 Å². The fraction of sp³-hybridized carbons (Fsp3) is 0.227. The van der Waals surface area contributed by atoms with Gasteiger partial charge in [-0.2, -0.15) is 0 Å². The summed E-state index contributed by atoms with van der Waals surface area (Å²) < 4.78 is 14.9. The van der Waals surface area contributed by atoms with Crippen LogP contribution in [0.5, 0.6) is 0 Å². The maximum atomic E-state index is 14.9. The summed E-state index contributed by atoms with van der Waals surface area (Å²) in [6.07, 6.45) is 5.02. The summed E-state index contributed by atoms with van der Waals surface area (Å²) in [6.45, 7) is 3.70. The number of hydrogen-bond donors (Lipinski definition) is 1. The van der Waals surface area contributed by atoms with Crippen LogP contribution in [0.3, 0.4) is 0 Å². The Bertz CT molecular complexity index is 938. The molecule has 27 heavy (non-hydrogen) atoms. The highest BCUT2D eigenvalue weighted by Crippen LogP contribution is 2.56. The number of carbonyl (C=O) groups is 1. The number of hydrogen-bond acceptors (Lipinski definition) is 1. The first-order valence-electron chi connectivity index (χ1n) is 8.66. The zero-order valence-electron chi connectivity index (χ0n) is 15.1. The Hall–Kier alpha value is -2.10. The number of alkyl halides is 1. The maximum absolute atomic E-state index is 14.9. The number of aryl methyl sites for hydroxylation is 1. The first-order valence-corrected chi connectivity index (χ1v) is 9.42. The van der Waals surface area contributed by atoms with Crippen LogP contribution in [0.4, 0.5) is 10.1 Å². The molecule has 2 aromatic rings. The molecule has 1 fully saturated rings. The van der Waals surface area contributed by atoms with Crippen LogP contribution in [0.15, 0.2) is 66.3 Å². The molecule has 0 radical (unpaired) electrons. The van der Waals surface area contributed by atoms with Gasteiger partial charge in [-0.05, 0) is 61.2 Å². The summed E-state index contributed by atoms with van der Waals surface area (Å²) in [7, 11) is 0. The third-order valence-corrected chi connectivity index (χ3v) is 5.41. The summed E-state index contributed by atoms with van der Waals surface area (Å²) in [4.78, 5) is 12.1. The summed E-state index contributed by atoms with van der Waals surface area (Å²) in [5.41, 5.74) is 1.84. The smallest absolute Gasteiger partial charge is 0.248 e. The van der Waals surface area contributed by atoms with Crippen molar-refractivity contribution in [3.05, 3.63) is 87.4 Å². The standard InChI is InChI=1S/C22H20Cl2FNO/c1-14(11-21(27)26-20-6-4-3-5-15(20)2)9-10-22(25)13-17(22)16-7-8-18(23)19(24)12-16/h3-12,17H,13H2,1-2H3,(H,26,27)/b10-9+,14-11+. The third kappa shape index (κ3) is 4.79. The first kappa shape index (κ1) is 19.7. The second-order valence-electron chi connectivity index (χ2n) is 6.88. The molecule has 1 aliphatic carbocycles. The summed E-state index contributed by atoms with van der Waals surface area (Å²) in [5, 5.41) is 3.71. The van der Waals surface area contributed by atoms with Gasteiger partial charge in [-0.15, -0.1) is 0 Å². The van der Waals surface area contributed by atoms with Crippen molar-refractivity contribution in [3.63, 3.8) is 0 Å². The Morgan fingerprint density at radius 1 is 1.22 bits per heavy atom. The summed E-state index contributed by atoms with van der Waals surface area (Å²) >= 11 is 11.9. The van der Waals surface area contributed by atoms with E-state index in [1.165, 1.54) is 12.2 Å². The lowest BCUT2D eigenvalue weighted by Gasteiger charge is -2.06. The van der Waals surface area contributed by atoms with E-state index in [0.717, 1.165) is 16.8 Å². The predicted octanol–water partition coefficient (Wildman–Crippen LogP) is 6.64. The van der Waals surface area contributed by atoms with Crippen molar-refractivity contribution in [2.24, 2.45) is 0 Å². The molecule has 2 atom stereocenters. The molecule has 0 bridgehead atoms. The monoisotopic (exact) mass is 403 g/mol. The van der Waals surface area contributed by atoms with Crippen LogP contribution >= 0.6 is 23.2 Å². The van der Waals surface area contributed by atoms with Gasteiger partial charge >= 0.3 is 0 Å². The Labute approximate surface area is 168 Å². The van der Waals surface area contributed by atoms with Gasteiger partial charge < -0.3 is 5.32 Å². The second kappa shape index (κ2) is 7.87. The van der Waals surface area contributed by atoms with Crippen LogP contribution in [-0.2, 0) is 4.79 Å². The van der Waals surface area contributed by atoms with Gasteiger partial charge in [0.1, 0.15) is 5.67 Å². The molecule has 2 aromatic carbocycles. The van der Waals surface area contributed by atoms with Crippen molar-refractivity contribution in [2.75, 3.05) is 5.32 Å². The van der Waals surface area contributed by atoms with E-state index in [2.05, 4.69) is 5.32 Å². The molecular weight excluding hydrogens is 384 g/mol. The van der Waals surface area contributed by atoms with Gasteiger partial charge in [0.25, 0.3) is 0 Å². The lowest BCUT2D eigenvalue weighted by atomic mass is 10.1. The van der Waals surface area contributed by atoms with Crippen LogP contribution in [0.1, 0.15) is 30.4 Å². The quantitative estimate of drug-likeness (QED) is 0.439. The number of halogens is 3. The topological polar surface area (TPSA) is 29.1 Å². The van der Waals surface area contributed by atoms with Gasteiger partial charge in [0.2, 0.25) is 5.91 Å². The summed E-state index contributed by atoms with van der Waals surface area (Å²) in [5.74, 6) is -0.478. The van der Waals surface area contributed by atoms with Crippen LogP contribution < -0.4 is 5.32 Å². The zero-order chi connectivity index (χ0) is 19.6. The predicted molar refractivity (Wildman–Crippen MR) is 110 cm³/mol. The number of allylic oxidation sites excluding steroid dienone is 3. The van der Waals surface area contributed by atoms with Crippen LogP contribution in [0.25, 0.3) is 0 Å². The maximum Gasteiger partial charge on any atom is 0.248 e. The minimum Gasteiger partial charge on any atom is -0.322 e. The van der Waals surface area contributed by atoms with Crippen LogP contribution in [0.2, 0.25) is 10.0 Å². The van der Waals surface area contributed by atoms with Gasteiger partial charge in [-0.3, -0.25) is 4.79 Å². The number of rotatable bonds is 5. The lowest BCUT2D eigenvalue weighted by Crippen LogP contribution is -2.09. The Balaban J connectivity index is 1.63. The molecule has 1 aliphatic rings. The molecule has 1 saturated carbocycles. The molecule has 2 nitrogen and oxygen atoms in total. The van der Waals surface area contributed by atoms with E-state index < -0.39 is 5.67 Å². The van der Waals surface area contributed by atoms with Gasteiger partial charge in [0, 0.05) is 17.7 Å². The number of anilines is 1. The molecule has 0 saturated heterocycles. The Morgan fingerprint density at radius 3 is 2.67 bits per heavy atom. The molecule has 5 heteroatoms. The molecule has 0 heterocycles. The van der Waals surface area contributed by atoms with Crippen molar-refractivity contribution in [1.29, 1.82) is 0 Å². The van der Waals surface area contributed by atoms with E-state index in [9.17, 15) is 9.18 Å². The number of carbonyl (C=O) groups excluding carboxylic acids is 1. The van der Waals surface area contributed by atoms with E-state index in [0.29, 0.717) is 22.0 Å². The molecule has 1 amide bonds. The molecule has 140 valence electrons. The van der Waals surface area contributed by atoms with E-state index in [4.69, 9.17) is 23.2 Å². The average Bonchev–Trinajstić information content (AvgIpc) is 3.30. The van der Waals surface area contributed by atoms with E-state index in [1.54, 1.807) is 31.2 Å². The number of benzene rings is 2. The van der Waals surface area contributed by atoms with Crippen LogP contribution in [-0.4, -0.2) is 11.6 Å². The van der Waals surface area contributed by atoms with E-state index >= 15 is 0 Å². The Kier molecular flexibility index (Phi) is 5.73. The first-order chi connectivity index (χ1) is 12.8. The number of nitrogens with one attached hydrogen (secondary N) is 1. The van der Waals surface area contributed by atoms with Gasteiger partial charge in [0.05, 0.1) is 10.0 Å². The number of amides is 1. The molecule has 0 aromatic heterocycles. The molecule has 3 rings (SSSR count). The second-order valence-corrected chi connectivity index (χ2v) is 7.70. The number of para-hydroxylation sites is 1. The fourth-order valence-corrected chi connectivity index (χ4v) is 3.28. The molecular formula is C22H20Cl2FNO. The highest BCUT2D eigenvalue weighted by molar-refractivity contribution is 6.42. The minimum atomic E-state index is -1.42.